The molecule has 1 heterocycles. The highest BCUT2D eigenvalue weighted by molar-refractivity contribution is 14.1. The fourth-order valence-corrected chi connectivity index (χ4v) is 2.52. The standard InChI is InChI=1S/C13H14ClIN4O2/c1-2-8(5-12(20)21)7-19-13(16-17-18-19)9-3-4-11(15)10(14)6-9/h3-4,6,8H,2,5,7H2,1H3,(H,20,21). The van der Waals surface area contributed by atoms with Gasteiger partial charge in [0.2, 0.25) is 0 Å². The number of carboxylic acids is 1. The first-order valence-corrected chi connectivity index (χ1v) is 7.90. The molecule has 0 radical (unpaired) electrons. The molecule has 0 saturated heterocycles. The third kappa shape index (κ3) is 4.13. The molecule has 0 fully saturated rings. The SMILES string of the molecule is CCC(CC(=O)O)Cn1nnnc1-c1ccc(I)c(Cl)c1. The molecule has 6 nitrogen and oxygen atoms in total. The van der Waals surface area contributed by atoms with E-state index in [1.54, 1.807) is 4.68 Å². The predicted molar refractivity (Wildman–Crippen MR) is 87.0 cm³/mol. The van der Waals surface area contributed by atoms with Gasteiger partial charge in [-0.2, -0.15) is 0 Å². The van der Waals surface area contributed by atoms with Gasteiger partial charge in [0, 0.05) is 22.1 Å². The van der Waals surface area contributed by atoms with E-state index in [0.717, 1.165) is 15.6 Å². The lowest BCUT2D eigenvalue weighted by Crippen LogP contribution is -2.16. The minimum Gasteiger partial charge on any atom is -0.481 e. The maximum atomic E-state index is 10.9. The van der Waals surface area contributed by atoms with Gasteiger partial charge in [0.05, 0.1) is 5.02 Å². The van der Waals surface area contributed by atoms with Crippen LogP contribution >= 0.6 is 34.2 Å². The molecule has 1 unspecified atom stereocenters. The lowest BCUT2D eigenvalue weighted by Gasteiger charge is -2.13. The average Bonchev–Trinajstić information content (AvgIpc) is 2.88. The van der Waals surface area contributed by atoms with Gasteiger partial charge in [0.15, 0.2) is 5.82 Å². The van der Waals surface area contributed by atoms with Crippen LogP contribution in [0.15, 0.2) is 18.2 Å². The number of rotatable bonds is 6. The molecule has 0 aliphatic carbocycles. The summed E-state index contributed by atoms with van der Waals surface area (Å²) in [5.74, 6) is -0.227. The smallest absolute Gasteiger partial charge is 0.303 e. The summed E-state index contributed by atoms with van der Waals surface area (Å²) in [5, 5.41) is 21.2. The van der Waals surface area contributed by atoms with Gasteiger partial charge in [0.25, 0.3) is 0 Å². The molecule has 0 aliphatic heterocycles. The predicted octanol–water partition coefficient (Wildman–Crippen LogP) is 3.10. The van der Waals surface area contributed by atoms with E-state index in [9.17, 15) is 4.79 Å². The summed E-state index contributed by atoms with van der Waals surface area (Å²) in [6.45, 7) is 2.42. The first kappa shape index (κ1) is 16.2. The van der Waals surface area contributed by atoms with Crippen molar-refractivity contribution >= 4 is 40.2 Å². The van der Waals surface area contributed by atoms with E-state index in [2.05, 4.69) is 38.1 Å². The van der Waals surface area contributed by atoms with Crippen LogP contribution < -0.4 is 0 Å². The molecule has 0 saturated carbocycles. The molecule has 1 N–H and O–H groups in total. The number of nitrogens with zero attached hydrogens (tertiary/aromatic N) is 4. The van der Waals surface area contributed by atoms with Crippen LogP contribution in [0.25, 0.3) is 11.4 Å². The Morgan fingerprint density at radius 1 is 1.52 bits per heavy atom. The average molecular weight is 421 g/mol. The molecule has 1 atom stereocenters. The molecule has 112 valence electrons. The zero-order valence-electron chi connectivity index (χ0n) is 11.3. The van der Waals surface area contributed by atoms with Gasteiger partial charge in [-0.25, -0.2) is 4.68 Å². The first-order valence-electron chi connectivity index (χ1n) is 6.44. The molecule has 1 aromatic heterocycles. The van der Waals surface area contributed by atoms with Gasteiger partial charge in [-0.1, -0.05) is 24.9 Å². The maximum absolute atomic E-state index is 10.9. The Labute approximate surface area is 140 Å². The molecule has 1 aromatic carbocycles. The topological polar surface area (TPSA) is 80.9 Å². The van der Waals surface area contributed by atoms with Crippen molar-refractivity contribution in [1.82, 2.24) is 20.2 Å². The zero-order valence-corrected chi connectivity index (χ0v) is 14.2. The number of hydrogen-bond acceptors (Lipinski definition) is 4. The number of hydrogen-bond donors (Lipinski definition) is 1. The minimum absolute atomic E-state index is 0.0101. The number of benzene rings is 1. The summed E-state index contributed by atoms with van der Waals surface area (Å²) >= 11 is 8.27. The second-order valence-electron chi connectivity index (χ2n) is 4.69. The Hall–Kier alpha value is -1.22. The van der Waals surface area contributed by atoms with Crippen LogP contribution in [0.2, 0.25) is 5.02 Å². The van der Waals surface area contributed by atoms with E-state index >= 15 is 0 Å². The van der Waals surface area contributed by atoms with Crippen LogP contribution in [-0.4, -0.2) is 31.3 Å². The Kier molecular flexibility index (Phi) is 5.51. The van der Waals surface area contributed by atoms with Crippen molar-refractivity contribution in [3.63, 3.8) is 0 Å². The fraction of sp³-hybridized carbons (Fsp3) is 0.385. The monoisotopic (exact) mass is 420 g/mol. The molecule has 0 aliphatic rings. The lowest BCUT2D eigenvalue weighted by atomic mass is 10.0. The van der Waals surface area contributed by atoms with Crippen LogP contribution in [-0.2, 0) is 11.3 Å². The number of carbonyl (C=O) groups is 1. The van der Waals surface area contributed by atoms with Crippen LogP contribution in [0.5, 0.6) is 0 Å². The van der Waals surface area contributed by atoms with Gasteiger partial charge in [0.1, 0.15) is 0 Å². The number of carboxylic acid groups (broad SMARTS) is 1. The molecular weight excluding hydrogens is 407 g/mol. The molecule has 2 aromatic rings. The van der Waals surface area contributed by atoms with Gasteiger partial charge in [-0.15, -0.1) is 5.10 Å². The van der Waals surface area contributed by atoms with Crippen LogP contribution in [0.3, 0.4) is 0 Å². The summed E-state index contributed by atoms with van der Waals surface area (Å²) in [6, 6.07) is 5.60. The number of aliphatic carboxylic acids is 1. The normalized spacial score (nSPS) is 12.3. The molecule has 2 rings (SSSR count). The van der Waals surface area contributed by atoms with Crippen LogP contribution in [0, 0.1) is 9.49 Å². The third-order valence-corrected chi connectivity index (χ3v) is 4.75. The molecular formula is C13H14ClIN4O2. The Morgan fingerprint density at radius 2 is 2.29 bits per heavy atom. The highest BCUT2D eigenvalue weighted by Crippen LogP contribution is 2.25. The summed E-state index contributed by atoms with van der Waals surface area (Å²) in [7, 11) is 0. The fourth-order valence-electron chi connectivity index (χ4n) is 2.00. The number of halogens is 2. The second kappa shape index (κ2) is 7.17. The molecule has 21 heavy (non-hydrogen) atoms. The minimum atomic E-state index is -0.811. The van der Waals surface area contributed by atoms with Crippen LogP contribution in [0.4, 0.5) is 0 Å². The summed E-state index contributed by atoms with van der Waals surface area (Å²) in [5.41, 5.74) is 0.815. The quantitative estimate of drug-likeness (QED) is 0.726. The van der Waals surface area contributed by atoms with Crippen molar-refractivity contribution in [3.05, 3.63) is 26.8 Å². The van der Waals surface area contributed by atoms with Crippen molar-refractivity contribution in [2.45, 2.75) is 26.3 Å². The Morgan fingerprint density at radius 3 is 2.90 bits per heavy atom. The molecule has 0 bridgehead atoms. The van der Waals surface area contributed by atoms with Crippen molar-refractivity contribution in [1.29, 1.82) is 0 Å². The van der Waals surface area contributed by atoms with E-state index < -0.39 is 5.97 Å². The second-order valence-corrected chi connectivity index (χ2v) is 6.26. The van der Waals surface area contributed by atoms with Gasteiger partial charge >= 0.3 is 5.97 Å². The van der Waals surface area contributed by atoms with Crippen molar-refractivity contribution in [2.75, 3.05) is 0 Å². The van der Waals surface area contributed by atoms with Crippen molar-refractivity contribution in [3.8, 4) is 11.4 Å². The van der Waals surface area contributed by atoms with Gasteiger partial charge < -0.3 is 5.11 Å². The van der Waals surface area contributed by atoms with E-state index in [-0.39, 0.29) is 12.3 Å². The van der Waals surface area contributed by atoms with E-state index in [1.165, 1.54) is 0 Å². The van der Waals surface area contributed by atoms with Gasteiger partial charge in [-0.05, 0) is 57.1 Å². The summed E-state index contributed by atoms with van der Waals surface area (Å²) in [4.78, 5) is 10.9. The highest BCUT2D eigenvalue weighted by Gasteiger charge is 2.17. The largest absolute Gasteiger partial charge is 0.481 e. The zero-order chi connectivity index (χ0) is 15.4. The highest BCUT2D eigenvalue weighted by atomic mass is 127. The summed E-state index contributed by atoms with van der Waals surface area (Å²) in [6.07, 6.45) is 0.849. The Bertz CT molecular complexity index is 647. The van der Waals surface area contributed by atoms with E-state index in [4.69, 9.17) is 16.7 Å². The van der Waals surface area contributed by atoms with E-state index in [1.807, 2.05) is 25.1 Å². The molecule has 8 heteroatoms. The third-order valence-electron chi connectivity index (χ3n) is 3.18. The Balaban J connectivity index is 2.25. The number of tetrazole rings is 1. The van der Waals surface area contributed by atoms with Crippen LogP contribution in [0.1, 0.15) is 19.8 Å². The first-order chi connectivity index (χ1) is 10.0. The summed E-state index contributed by atoms with van der Waals surface area (Å²) < 4.78 is 2.59. The molecule has 0 amide bonds. The maximum Gasteiger partial charge on any atom is 0.303 e. The molecule has 0 spiro atoms. The lowest BCUT2D eigenvalue weighted by molar-refractivity contribution is -0.138. The van der Waals surface area contributed by atoms with Crippen molar-refractivity contribution in [2.24, 2.45) is 5.92 Å². The number of aromatic nitrogens is 4. The van der Waals surface area contributed by atoms with Gasteiger partial charge in [-0.3, -0.25) is 4.79 Å². The van der Waals surface area contributed by atoms with Crippen molar-refractivity contribution < 1.29 is 9.90 Å². The van der Waals surface area contributed by atoms with E-state index in [0.29, 0.717) is 17.4 Å².